The van der Waals surface area contributed by atoms with Crippen LogP contribution in [0.4, 0.5) is 0 Å². The fraction of sp³-hybridized carbons (Fsp3) is 0.118. The summed E-state index contributed by atoms with van der Waals surface area (Å²) in [6.45, 7) is 1.94. The maximum atomic E-state index is 12.1. The summed E-state index contributed by atoms with van der Waals surface area (Å²) in [4.78, 5) is 12.1. The Morgan fingerprint density at radius 2 is 1.89 bits per heavy atom. The van der Waals surface area contributed by atoms with Crippen LogP contribution in [0.5, 0.6) is 5.75 Å². The van der Waals surface area contributed by atoms with Gasteiger partial charge in [-0.25, -0.2) is 0 Å². The third-order valence-electron chi connectivity index (χ3n) is 2.93. The van der Waals surface area contributed by atoms with Crippen LogP contribution in [0.3, 0.4) is 0 Å². The Morgan fingerprint density at radius 1 is 1.11 bits per heavy atom. The molecule has 0 atom stereocenters. The molecule has 0 unspecified atom stereocenters. The van der Waals surface area contributed by atoms with Crippen molar-refractivity contribution in [1.29, 1.82) is 0 Å². The molecular formula is C17H16O2. The van der Waals surface area contributed by atoms with Crippen LogP contribution in [0.1, 0.15) is 21.5 Å². The topological polar surface area (TPSA) is 26.3 Å². The number of allylic oxidation sites excluding steroid dienone is 1. The lowest BCUT2D eigenvalue weighted by Crippen LogP contribution is -1.96. The third kappa shape index (κ3) is 3.32. The summed E-state index contributed by atoms with van der Waals surface area (Å²) in [6, 6.07) is 15.2. The number of carbonyl (C=O) groups is 1. The van der Waals surface area contributed by atoms with E-state index in [0.717, 1.165) is 22.4 Å². The zero-order valence-corrected chi connectivity index (χ0v) is 11.1. The van der Waals surface area contributed by atoms with Gasteiger partial charge in [0.25, 0.3) is 0 Å². The highest BCUT2D eigenvalue weighted by Gasteiger charge is 2.04. The molecule has 0 saturated heterocycles. The molecule has 2 aromatic rings. The van der Waals surface area contributed by atoms with Gasteiger partial charge >= 0.3 is 0 Å². The Bertz CT molecular complexity index is 612. The van der Waals surface area contributed by atoms with Gasteiger partial charge in [-0.1, -0.05) is 42.5 Å². The molecule has 0 spiro atoms. The number of aryl methyl sites for hydroxylation is 1. The highest BCUT2D eigenvalue weighted by molar-refractivity contribution is 6.07. The Hall–Kier alpha value is -2.35. The van der Waals surface area contributed by atoms with Crippen molar-refractivity contribution in [2.24, 2.45) is 0 Å². The molecule has 0 radical (unpaired) electrons. The Morgan fingerprint density at radius 3 is 2.63 bits per heavy atom. The van der Waals surface area contributed by atoms with E-state index in [0.29, 0.717) is 0 Å². The second-order valence-electron chi connectivity index (χ2n) is 4.29. The van der Waals surface area contributed by atoms with Crippen LogP contribution in [0.15, 0.2) is 54.6 Å². The van der Waals surface area contributed by atoms with Crippen molar-refractivity contribution in [3.05, 3.63) is 71.3 Å². The molecular weight excluding hydrogens is 236 g/mol. The van der Waals surface area contributed by atoms with Crippen molar-refractivity contribution in [3.63, 3.8) is 0 Å². The largest absolute Gasteiger partial charge is 0.497 e. The smallest absolute Gasteiger partial charge is 0.186 e. The van der Waals surface area contributed by atoms with Crippen molar-refractivity contribution in [2.75, 3.05) is 7.11 Å². The van der Waals surface area contributed by atoms with Crippen LogP contribution in [-0.2, 0) is 0 Å². The molecule has 0 aromatic heterocycles. The SMILES string of the molecule is COc1cccc(/C=C/C(=O)c2ccccc2C)c1. The van der Waals surface area contributed by atoms with Crippen LogP contribution in [0, 0.1) is 6.92 Å². The molecule has 0 bridgehead atoms. The van der Waals surface area contributed by atoms with Crippen LogP contribution in [0.2, 0.25) is 0 Å². The van der Waals surface area contributed by atoms with E-state index < -0.39 is 0 Å². The number of methoxy groups -OCH3 is 1. The molecule has 0 N–H and O–H groups in total. The highest BCUT2D eigenvalue weighted by atomic mass is 16.5. The molecule has 0 fully saturated rings. The number of ether oxygens (including phenoxy) is 1. The van der Waals surface area contributed by atoms with Gasteiger partial charge in [-0.05, 0) is 36.3 Å². The molecule has 96 valence electrons. The van der Waals surface area contributed by atoms with Gasteiger partial charge in [-0.15, -0.1) is 0 Å². The first-order chi connectivity index (χ1) is 9.20. The van der Waals surface area contributed by atoms with Crippen LogP contribution < -0.4 is 4.74 Å². The van der Waals surface area contributed by atoms with Gasteiger partial charge in [0.05, 0.1) is 7.11 Å². The minimum Gasteiger partial charge on any atom is -0.497 e. The number of carbonyl (C=O) groups excluding carboxylic acids is 1. The van der Waals surface area contributed by atoms with Crippen molar-refractivity contribution in [2.45, 2.75) is 6.92 Å². The first kappa shape index (κ1) is 13.1. The van der Waals surface area contributed by atoms with Gasteiger partial charge in [-0.3, -0.25) is 4.79 Å². The van der Waals surface area contributed by atoms with E-state index in [4.69, 9.17) is 4.74 Å². The number of hydrogen-bond donors (Lipinski definition) is 0. The molecule has 2 nitrogen and oxygen atoms in total. The van der Waals surface area contributed by atoms with Crippen molar-refractivity contribution in [3.8, 4) is 5.75 Å². The van der Waals surface area contributed by atoms with E-state index >= 15 is 0 Å². The zero-order valence-electron chi connectivity index (χ0n) is 11.1. The standard InChI is InChI=1S/C17H16O2/c1-13-6-3-4-9-16(13)17(18)11-10-14-7-5-8-15(12-14)19-2/h3-12H,1-2H3/b11-10+. The van der Waals surface area contributed by atoms with Gasteiger partial charge in [-0.2, -0.15) is 0 Å². The molecule has 0 aliphatic carbocycles. The Balaban J connectivity index is 2.18. The average Bonchev–Trinajstić information content (AvgIpc) is 2.45. The summed E-state index contributed by atoms with van der Waals surface area (Å²) in [6.07, 6.45) is 3.40. The predicted molar refractivity (Wildman–Crippen MR) is 77.5 cm³/mol. The van der Waals surface area contributed by atoms with E-state index in [2.05, 4.69) is 0 Å². The summed E-state index contributed by atoms with van der Waals surface area (Å²) < 4.78 is 5.15. The predicted octanol–water partition coefficient (Wildman–Crippen LogP) is 3.90. The fourth-order valence-electron chi connectivity index (χ4n) is 1.86. The molecule has 0 aliphatic heterocycles. The first-order valence-corrected chi connectivity index (χ1v) is 6.13. The number of hydrogen-bond acceptors (Lipinski definition) is 2. The molecule has 19 heavy (non-hydrogen) atoms. The lowest BCUT2D eigenvalue weighted by Gasteiger charge is -2.01. The fourth-order valence-corrected chi connectivity index (χ4v) is 1.86. The van der Waals surface area contributed by atoms with Gasteiger partial charge in [0.15, 0.2) is 5.78 Å². The van der Waals surface area contributed by atoms with Crippen LogP contribution >= 0.6 is 0 Å². The summed E-state index contributed by atoms with van der Waals surface area (Å²) >= 11 is 0. The van der Waals surface area contributed by atoms with E-state index in [1.165, 1.54) is 0 Å². The van der Waals surface area contributed by atoms with Gasteiger partial charge in [0, 0.05) is 5.56 Å². The van der Waals surface area contributed by atoms with E-state index in [-0.39, 0.29) is 5.78 Å². The van der Waals surface area contributed by atoms with E-state index in [9.17, 15) is 4.79 Å². The van der Waals surface area contributed by atoms with Crippen LogP contribution in [-0.4, -0.2) is 12.9 Å². The maximum absolute atomic E-state index is 12.1. The molecule has 0 amide bonds. The number of rotatable bonds is 4. The quantitative estimate of drug-likeness (QED) is 0.609. The molecule has 0 aliphatic rings. The summed E-state index contributed by atoms with van der Waals surface area (Å²) in [5, 5.41) is 0. The zero-order chi connectivity index (χ0) is 13.7. The molecule has 2 rings (SSSR count). The Kier molecular flexibility index (Phi) is 4.14. The third-order valence-corrected chi connectivity index (χ3v) is 2.93. The van der Waals surface area contributed by atoms with Crippen molar-refractivity contribution in [1.82, 2.24) is 0 Å². The van der Waals surface area contributed by atoms with Gasteiger partial charge in [0.2, 0.25) is 0 Å². The first-order valence-electron chi connectivity index (χ1n) is 6.13. The normalized spacial score (nSPS) is 10.6. The lowest BCUT2D eigenvalue weighted by molar-refractivity contribution is 0.104. The van der Waals surface area contributed by atoms with E-state index in [1.54, 1.807) is 19.3 Å². The second-order valence-corrected chi connectivity index (χ2v) is 4.29. The van der Waals surface area contributed by atoms with E-state index in [1.807, 2.05) is 55.5 Å². The van der Waals surface area contributed by atoms with Gasteiger partial charge < -0.3 is 4.74 Å². The summed E-state index contributed by atoms with van der Waals surface area (Å²) in [7, 11) is 1.63. The Labute approximate surface area is 113 Å². The van der Waals surface area contributed by atoms with Gasteiger partial charge in [0.1, 0.15) is 5.75 Å². The highest BCUT2D eigenvalue weighted by Crippen LogP contribution is 2.15. The lowest BCUT2D eigenvalue weighted by atomic mass is 10.0. The van der Waals surface area contributed by atoms with Crippen molar-refractivity contribution >= 4 is 11.9 Å². The molecule has 0 heterocycles. The monoisotopic (exact) mass is 252 g/mol. The number of ketones is 1. The minimum absolute atomic E-state index is 0.0147. The minimum atomic E-state index is 0.0147. The average molecular weight is 252 g/mol. The summed E-state index contributed by atoms with van der Waals surface area (Å²) in [5.74, 6) is 0.798. The van der Waals surface area contributed by atoms with Crippen LogP contribution in [0.25, 0.3) is 6.08 Å². The second kappa shape index (κ2) is 6.01. The molecule has 2 heteroatoms. The summed E-state index contributed by atoms with van der Waals surface area (Å²) in [5.41, 5.74) is 2.67. The van der Waals surface area contributed by atoms with Crippen molar-refractivity contribution < 1.29 is 9.53 Å². The molecule has 2 aromatic carbocycles. The number of benzene rings is 2. The maximum Gasteiger partial charge on any atom is 0.186 e. The molecule has 0 saturated carbocycles.